The highest BCUT2D eigenvalue weighted by Gasteiger charge is 2.28. The Morgan fingerprint density at radius 1 is 1.50 bits per heavy atom. The van der Waals surface area contributed by atoms with Gasteiger partial charge in [-0.15, -0.1) is 0 Å². The van der Waals surface area contributed by atoms with E-state index in [0.29, 0.717) is 6.29 Å². The van der Waals surface area contributed by atoms with Crippen LogP contribution in [-0.2, 0) is 0 Å². The van der Waals surface area contributed by atoms with Crippen LogP contribution in [0.15, 0.2) is 18.3 Å². The molecular formula is C8H6F3NO2. The van der Waals surface area contributed by atoms with E-state index in [1.54, 1.807) is 0 Å². The fraction of sp³-hybridized carbons (Fsp3) is 0.250. The van der Waals surface area contributed by atoms with Gasteiger partial charge < -0.3 is 4.74 Å². The Kier molecular flexibility index (Phi) is 3.06. The topological polar surface area (TPSA) is 39.2 Å². The summed E-state index contributed by atoms with van der Waals surface area (Å²) < 4.78 is 39.5. The summed E-state index contributed by atoms with van der Waals surface area (Å²) in [5, 5.41) is 0. The molecule has 0 fully saturated rings. The summed E-state index contributed by atoms with van der Waals surface area (Å²) in [5.41, 5.74) is 0.0321. The van der Waals surface area contributed by atoms with Crippen molar-refractivity contribution >= 4 is 6.29 Å². The number of rotatable bonds is 3. The predicted octanol–water partition coefficient (Wildman–Crippen LogP) is 1.84. The number of aromatic nitrogens is 1. The zero-order valence-corrected chi connectivity index (χ0v) is 6.91. The number of halogens is 3. The summed E-state index contributed by atoms with van der Waals surface area (Å²) in [4.78, 5) is 13.8. The second-order valence-electron chi connectivity index (χ2n) is 2.44. The molecule has 1 aromatic heterocycles. The molecule has 0 unspecified atom stereocenters. The fourth-order valence-corrected chi connectivity index (χ4v) is 0.747. The minimum atomic E-state index is -4.38. The molecule has 76 valence electrons. The minimum Gasteiger partial charge on any atom is -0.484 e. The molecule has 0 aliphatic heterocycles. The van der Waals surface area contributed by atoms with Crippen molar-refractivity contribution in [1.82, 2.24) is 4.98 Å². The molecule has 0 aliphatic rings. The van der Waals surface area contributed by atoms with E-state index in [1.807, 2.05) is 0 Å². The van der Waals surface area contributed by atoms with Crippen LogP contribution in [0.1, 0.15) is 10.5 Å². The summed E-state index contributed by atoms with van der Waals surface area (Å²) >= 11 is 0. The van der Waals surface area contributed by atoms with Crippen LogP contribution in [0.3, 0.4) is 0 Å². The maximum atomic E-state index is 11.7. The van der Waals surface area contributed by atoms with E-state index in [-0.39, 0.29) is 11.4 Å². The van der Waals surface area contributed by atoms with Gasteiger partial charge in [0.2, 0.25) is 0 Å². The summed E-state index contributed by atoms with van der Waals surface area (Å²) in [6.45, 7) is -1.38. The number of pyridine rings is 1. The first-order valence-electron chi connectivity index (χ1n) is 3.62. The Hall–Kier alpha value is -1.59. The third kappa shape index (κ3) is 3.42. The summed E-state index contributed by atoms with van der Waals surface area (Å²) in [6, 6.07) is 2.39. The first-order chi connectivity index (χ1) is 6.51. The largest absolute Gasteiger partial charge is 0.484 e. The number of aldehydes is 1. The highest BCUT2D eigenvalue weighted by molar-refractivity contribution is 5.72. The van der Waals surface area contributed by atoms with Crippen molar-refractivity contribution in [2.75, 3.05) is 6.61 Å². The van der Waals surface area contributed by atoms with Gasteiger partial charge in [0.15, 0.2) is 12.9 Å². The Bertz CT molecular complexity index is 325. The van der Waals surface area contributed by atoms with Gasteiger partial charge in [-0.3, -0.25) is 9.78 Å². The van der Waals surface area contributed by atoms with Crippen molar-refractivity contribution in [2.24, 2.45) is 0 Å². The lowest BCUT2D eigenvalue weighted by molar-refractivity contribution is -0.153. The third-order valence-corrected chi connectivity index (χ3v) is 1.28. The molecule has 3 nitrogen and oxygen atoms in total. The van der Waals surface area contributed by atoms with Crippen LogP contribution >= 0.6 is 0 Å². The second-order valence-corrected chi connectivity index (χ2v) is 2.44. The number of carbonyl (C=O) groups excluding carboxylic acids is 1. The average molecular weight is 205 g/mol. The molecule has 0 saturated carbocycles. The van der Waals surface area contributed by atoms with Crippen LogP contribution in [0, 0.1) is 0 Å². The van der Waals surface area contributed by atoms with Crippen molar-refractivity contribution in [3.8, 4) is 5.75 Å². The molecule has 0 N–H and O–H groups in total. The number of ether oxygens (including phenoxy) is 1. The minimum absolute atomic E-state index is 0.0283. The lowest BCUT2D eigenvalue weighted by Crippen LogP contribution is -2.19. The van der Waals surface area contributed by atoms with Gasteiger partial charge in [0, 0.05) is 12.3 Å². The molecule has 0 aliphatic carbocycles. The Balaban J connectivity index is 2.63. The maximum absolute atomic E-state index is 11.7. The van der Waals surface area contributed by atoms with Crippen LogP contribution in [0.25, 0.3) is 0 Å². The van der Waals surface area contributed by atoms with Gasteiger partial charge in [-0.25, -0.2) is 0 Å². The third-order valence-electron chi connectivity index (χ3n) is 1.28. The molecule has 0 aromatic carbocycles. The van der Waals surface area contributed by atoms with E-state index < -0.39 is 12.8 Å². The van der Waals surface area contributed by atoms with Crippen molar-refractivity contribution in [3.63, 3.8) is 0 Å². The Morgan fingerprint density at radius 2 is 2.21 bits per heavy atom. The highest BCUT2D eigenvalue weighted by atomic mass is 19.4. The number of alkyl halides is 3. The van der Waals surface area contributed by atoms with Gasteiger partial charge in [-0.1, -0.05) is 0 Å². The van der Waals surface area contributed by atoms with E-state index in [9.17, 15) is 18.0 Å². The van der Waals surface area contributed by atoms with Gasteiger partial charge in [0.1, 0.15) is 11.4 Å². The Labute approximate surface area is 77.5 Å². The van der Waals surface area contributed by atoms with Crippen molar-refractivity contribution in [1.29, 1.82) is 0 Å². The summed E-state index contributed by atoms with van der Waals surface area (Å²) in [6.07, 6.45) is -2.75. The SMILES string of the molecule is O=Cc1cc(OCC(F)(F)F)ccn1. The zero-order valence-electron chi connectivity index (χ0n) is 6.91. The van der Waals surface area contributed by atoms with Gasteiger partial charge in [0.25, 0.3) is 0 Å². The number of carbonyl (C=O) groups is 1. The standard InChI is InChI=1S/C8H6F3NO2/c9-8(10,11)5-14-7-1-2-12-6(3-7)4-13/h1-4H,5H2. The van der Waals surface area contributed by atoms with Crippen LogP contribution in [0.5, 0.6) is 5.75 Å². The predicted molar refractivity (Wildman–Crippen MR) is 41.2 cm³/mol. The van der Waals surface area contributed by atoms with Crippen molar-refractivity contribution < 1.29 is 22.7 Å². The maximum Gasteiger partial charge on any atom is 0.422 e. The van der Waals surface area contributed by atoms with E-state index in [0.717, 1.165) is 6.07 Å². The first kappa shape index (κ1) is 10.5. The van der Waals surface area contributed by atoms with E-state index in [1.165, 1.54) is 12.3 Å². The summed E-state index contributed by atoms with van der Waals surface area (Å²) in [7, 11) is 0. The molecule has 1 heterocycles. The van der Waals surface area contributed by atoms with Crippen molar-refractivity contribution in [2.45, 2.75) is 6.18 Å². The lowest BCUT2D eigenvalue weighted by atomic mass is 10.3. The van der Waals surface area contributed by atoms with Gasteiger partial charge in [-0.05, 0) is 6.07 Å². The smallest absolute Gasteiger partial charge is 0.422 e. The first-order valence-corrected chi connectivity index (χ1v) is 3.62. The lowest BCUT2D eigenvalue weighted by Gasteiger charge is -2.08. The molecule has 0 amide bonds. The van der Waals surface area contributed by atoms with E-state index >= 15 is 0 Å². The molecule has 14 heavy (non-hydrogen) atoms. The highest BCUT2D eigenvalue weighted by Crippen LogP contribution is 2.17. The zero-order chi connectivity index (χ0) is 10.6. The molecule has 1 aromatic rings. The molecule has 0 bridgehead atoms. The van der Waals surface area contributed by atoms with Crippen LogP contribution in [0.2, 0.25) is 0 Å². The van der Waals surface area contributed by atoms with Crippen LogP contribution < -0.4 is 4.74 Å². The quantitative estimate of drug-likeness (QED) is 0.706. The molecule has 0 saturated heterocycles. The van der Waals surface area contributed by atoms with E-state index in [2.05, 4.69) is 9.72 Å². The fourth-order valence-electron chi connectivity index (χ4n) is 0.747. The van der Waals surface area contributed by atoms with Gasteiger partial charge >= 0.3 is 6.18 Å². The molecule has 6 heteroatoms. The van der Waals surface area contributed by atoms with Crippen LogP contribution in [0.4, 0.5) is 13.2 Å². The molecule has 0 spiro atoms. The molecule has 0 radical (unpaired) electrons. The normalized spacial score (nSPS) is 11.1. The molecule has 1 rings (SSSR count). The molecular weight excluding hydrogens is 199 g/mol. The van der Waals surface area contributed by atoms with Gasteiger partial charge in [0.05, 0.1) is 0 Å². The van der Waals surface area contributed by atoms with E-state index in [4.69, 9.17) is 0 Å². The second kappa shape index (κ2) is 4.08. The number of nitrogens with zero attached hydrogens (tertiary/aromatic N) is 1. The van der Waals surface area contributed by atoms with Gasteiger partial charge in [-0.2, -0.15) is 13.2 Å². The van der Waals surface area contributed by atoms with Crippen molar-refractivity contribution in [3.05, 3.63) is 24.0 Å². The monoisotopic (exact) mass is 205 g/mol. The summed E-state index contributed by atoms with van der Waals surface area (Å²) in [5.74, 6) is -0.0283. The number of hydrogen-bond donors (Lipinski definition) is 0. The number of hydrogen-bond acceptors (Lipinski definition) is 3. The molecule has 0 atom stereocenters. The Morgan fingerprint density at radius 3 is 2.79 bits per heavy atom. The van der Waals surface area contributed by atoms with Crippen LogP contribution in [-0.4, -0.2) is 24.1 Å². The average Bonchev–Trinajstić information content (AvgIpc) is 2.14.